The number of carbonyl (C=O) groups is 2. The molecule has 0 aromatic rings. The molecule has 1 rings (SSSR count). The second-order valence-corrected chi connectivity index (χ2v) is 4.98. The normalized spacial score (nSPS) is 26.6. The lowest BCUT2D eigenvalue weighted by Gasteiger charge is -2.42. The fourth-order valence-corrected chi connectivity index (χ4v) is 2.36. The lowest BCUT2D eigenvalue weighted by molar-refractivity contribution is -0.162. The summed E-state index contributed by atoms with van der Waals surface area (Å²) in [4.78, 5) is 25.1. The summed E-state index contributed by atoms with van der Waals surface area (Å²) >= 11 is 0. The van der Waals surface area contributed by atoms with Crippen molar-refractivity contribution in [1.82, 2.24) is 10.2 Å². The van der Waals surface area contributed by atoms with Crippen molar-refractivity contribution in [1.29, 1.82) is 0 Å². The molecule has 0 spiro atoms. The largest absolute Gasteiger partial charge is 0.480 e. The number of aliphatic carboxylic acids is 1. The highest BCUT2D eigenvalue weighted by molar-refractivity contribution is 5.88. The predicted molar refractivity (Wildman–Crippen MR) is 64.7 cm³/mol. The molecule has 1 aliphatic heterocycles. The van der Waals surface area contributed by atoms with Gasteiger partial charge < -0.3 is 15.3 Å². The van der Waals surface area contributed by atoms with Gasteiger partial charge in [-0.05, 0) is 33.2 Å². The van der Waals surface area contributed by atoms with E-state index < -0.39 is 11.5 Å². The molecule has 0 aromatic carbocycles. The van der Waals surface area contributed by atoms with Crippen molar-refractivity contribution in [2.45, 2.75) is 38.6 Å². The monoisotopic (exact) mass is 242 g/mol. The maximum atomic E-state index is 12.2. The van der Waals surface area contributed by atoms with Crippen LogP contribution >= 0.6 is 0 Å². The van der Waals surface area contributed by atoms with Gasteiger partial charge in [0.25, 0.3) is 0 Å². The Morgan fingerprint density at radius 2 is 2.12 bits per heavy atom. The molecule has 2 atom stereocenters. The smallest absolute Gasteiger partial charge is 0.329 e. The molecule has 0 saturated carbocycles. The summed E-state index contributed by atoms with van der Waals surface area (Å²) in [5.41, 5.74) is -1.03. The molecule has 98 valence electrons. The molecule has 1 amide bonds. The highest BCUT2D eigenvalue weighted by Gasteiger charge is 2.44. The number of amides is 1. The van der Waals surface area contributed by atoms with Crippen molar-refractivity contribution in [2.24, 2.45) is 5.92 Å². The van der Waals surface area contributed by atoms with Crippen LogP contribution in [-0.2, 0) is 9.59 Å². The van der Waals surface area contributed by atoms with Crippen molar-refractivity contribution in [3.63, 3.8) is 0 Å². The molecule has 17 heavy (non-hydrogen) atoms. The number of carboxylic acids is 1. The van der Waals surface area contributed by atoms with Crippen LogP contribution in [0.25, 0.3) is 0 Å². The van der Waals surface area contributed by atoms with E-state index in [4.69, 9.17) is 0 Å². The third-order valence-corrected chi connectivity index (χ3v) is 3.55. The molecule has 5 heteroatoms. The van der Waals surface area contributed by atoms with E-state index in [2.05, 4.69) is 5.32 Å². The number of piperidine rings is 1. The number of nitrogens with one attached hydrogen (secondary N) is 1. The zero-order chi connectivity index (χ0) is 13.1. The molecular weight excluding hydrogens is 220 g/mol. The lowest BCUT2D eigenvalue weighted by Crippen LogP contribution is -2.59. The quantitative estimate of drug-likeness (QED) is 0.761. The third kappa shape index (κ3) is 2.77. The highest BCUT2D eigenvalue weighted by Crippen LogP contribution is 2.29. The summed E-state index contributed by atoms with van der Waals surface area (Å²) < 4.78 is 0. The van der Waals surface area contributed by atoms with Crippen LogP contribution in [0.4, 0.5) is 0 Å². The standard InChI is InChI=1S/C12H22N2O3/c1-9(8-13-3)10(15)14-7-5-4-6-12(14,2)11(16)17/h9,13H,4-8H2,1-3H3,(H,16,17). The van der Waals surface area contributed by atoms with Crippen LogP contribution in [0.3, 0.4) is 0 Å². The first-order valence-corrected chi connectivity index (χ1v) is 6.13. The number of carbonyl (C=O) groups excluding carboxylic acids is 1. The van der Waals surface area contributed by atoms with Crippen LogP contribution in [-0.4, -0.2) is 47.6 Å². The van der Waals surface area contributed by atoms with Gasteiger partial charge in [-0.25, -0.2) is 4.79 Å². The minimum atomic E-state index is -1.03. The van der Waals surface area contributed by atoms with E-state index in [1.807, 2.05) is 6.92 Å². The molecule has 0 aromatic heterocycles. The number of rotatable bonds is 4. The van der Waals surface area contributed by atoms with E-state index in [1.165, 1.54) is 0 Å². The highest BCUT2D eigenvalue weighted by atomic mass is 16.4. The molecule has 0 aliphatic carbocycles. The lowest BCUT2D eigenvalue weighted by atomic mass is 9.87. The Bertz CT molecular complexity index is 306. The van der Waals surface area contributed by atoms with E-state index in [0.717, 1.165) is 12.8 Å². The van der Waals surface area contributed by atoms with Crippen molar-refractivity contribution in [3.8, 4) is 0 Å². The average Bonchev–Trinajstić information content (AvgIpc) is 2.29. The van der Waals surface area contributed by atoms with Gasteiger partial charge in [-0.15, -0.1) is 0 Å². The molecule has 0 radical (unpaired) electrons. The van der Waals surface area contributed by atoms with Crippen LogP contribution in [0.2, 0.25) is 0 Å². The van der Waals surface area contributed by atoms with Crippen LogP contribution in [0.15, 0.2) is 0 Å². The molecular formula is C12H22N2O3. The van der Waals surface area contributed by atoms with Gasteiger partial charge >= 0.3 is 5.97 Å². The maximum absolute atomic E-state index is 12.2. The first-order valence-electron chi connectivity index (χ1n) is 6.13. The minimum Gasteiger partial charge on any atom is -0.480 e. The van der Waals surface area contributed by atoms with Gasteiger partial charge in [0.2, 0.25) is 5.91 Å². The topological polar surface area (TPSA) is 69.6 Å². The summed E-state index contributed by atoms with van der Waals surface area (Å²) in [6.45, 7) is 4.61. The van der Waals surface area contributed by atoms with Crippen LogP contribution in [0.5, 0.6) is 0 Å². The van der Waals surface area contributed by atoms with Crippen LogP contribution in [0.1, 0.15) is 33.1 Å². The molecule has 1 heterocycles. The van der Waals surface area contributed by atoms with Gasteiger partial charge in [-0.2, -0.15) is 0 Å². The summed E-state index contributed by atoms with van der Waals surface area (Å²) in [7, 11) is 1.79. The molecule has 1 fully saturated rings. The fourth-order valence-electron chi connectivity index (χ4n) is 2.36. The second-order valence-electron chi connectivity index (χ2n) is 4.98. The van der Waals surface area contributed by atoms with E-state index in [0.29, 0.717) is 19.5 Å². The molecule has 1 aliphatic rings. The van der Waals surface area contributed by atoms with Gasteiger partial charge in [0.1, 0.15) is 5.54 Å². The van der Waals surface area contributed by atoms with E-state index in [1.54, 1.807) is 18.9 Å². The Morgan fingerprint density at radius 3 is 2.65 bits per heavy atom. The van der Waals surface area contributed by atoms with E-state index >= 15 is 0 Å². The third-order valence-electron chi connectivity index (χ3n) is 3.55. The Balaban J connectivity index is 2.85. The number of hydrogen-bond acceptors (Lipinski definition) is 3. The number of hydrogen-bond donors (Lipinski definition) is 2. The van der Waals surface area contributed by atoms with Crippen LogP contribution < -0.4 is 5.32 Å². The second kappa shape index (κ2) is 5.49. The number of likely N-dealkylation sites (tertiary alicyclic amines) is 1. The van der Waals surface area contributed by atoms with Crippen molar-refractivity contribution in [3.05, 3.63) is 0 Å². The average molecular weight is 242 g/mol. The Kier molecular flexibility index (Phi) is 4.51. The maximum Gasteiger partial charge on any atom is 0.329 e. The van der Waals surface area contributed by atoms with Crippen molar-refractivity contribution in [2.75, 3.05) is 20.1 Å². The summed E-state index contributed by atoms with van der Waals surface area (Å²) in [6.07, 6.45) is 2.30. The van der Waals surface area contributed by atoms with Gasteiger partial charge in [-0.1, -0.05) is 6.92 Å². The Labute approximate surface area is 102 Å². The fraction of sp³-hybridized carbons (Fsp3) is 0.833. The number of carboxylic acid groups (broad SMARTS) is 1. The minimum absolute atomic E-state index is 0.0658. The van der Waals surface area contributed by atoms with Gasteiger partial charge in [0.15, 0.2) is 0 Å². The SMILES string of the molecule is CNCC(C)C(=O)N1CCCCC1(C)C(=O)O. The first-order chi connectivity index (χ1) is 7.93. The van der Waals surface area contributed by atoms with Crippen molar-refractivity contribution >= 4 is 11.9 Å². The molecule has 0 bridgehead atoms. The summed E-state index contributed by atoms with van der Waals surface area (Å²) in [5, 5.41) is 12.3. The Morgan fingerprint density at radius 1 is 1.47 bits per heavy atom. The van der Waals surface area contributed by atoms with Crippen LogP contribution in [0, 0.1) is 5.92 Å². The first kappa shape index (κ1) is 14.0. The summed E-state index contributed by atoms with van der Waals surface area (Å²) in [6, 6.07) is 0. The zero-order valence-corrected chi connectivity index (χ0v) is 10.8. The molecule has 2 N–H and O–H groups in total. The molecule has 1 saturated heterocycles. The van der Waals surface area contributed by atoms with E-state index in [9.17, 15) is 14.7 Å². The van der Waals surface area contributed by atoms with Gasteiger partial charge in [-0.3, -0.25) is 4.79 Å². The molecule has 2 unspecified atom stereocenters. The van der Waals surface area contributed by atoms with Gasteiger partial charge in [0.05, 0.1) is 0 Å². The number of nitrogens with zero attached hydrogens (tertiary/aromatic N) is 1. The van der Waals surface area contributed by atoms with Gasteiger partial charge in [0, 0.05) is 19.0 Å². The molecule has 5 nitrogen and oxygen atoms in total. The Hall–Kier alpha value is -1.10. The van der Waals surface area contributed by atoms with Crippen molar-refractivity contribution < 1.29 is 14.7 Å². The summed E-state index contributed by atoms with van der Waals surface area (Å²) in [5.74, 6) is -1.15. The van der Waals surface area contributed by atoms with E-state index in [-0.39, 0.29) is 11.8 Å². The zero-order valence-electron chi connectivity index (χ0n) is 10.8. The predicted octanol–water partition coefficient (Wildman–Crippen LogP) is 0.698.